The van der Waals surface area contributed by atoms with E-state index in [0.717, 1.165) is 25.0 Å². The molecular formula is C16H18F2N4O. The zero-order chi connectivity index (χ0) is 16.1. The molecule has 1 fully saturated rings. The van der Waals surface area contributed by atoms with Gasteiger partial charge in [-0.1, -0.05) is 0 Å². The van der Waals surface area contributed by atoms with Crippen molar-refractivity contribution >= 4 is 11.6 Å². The van der Waals surface area contributed by atoms with Crippen molar-refractivity contribution in [3.63, 3.8) is 0 Å². The summed E-state index contributed by atoms with van der Waals surface area (Å²) in [6.07, 6.45) is 2.01. The Morgan fingerprint density at radius 3 is 2.52 bits per heavy atom. The second kappa shape index (κ2) is 7.32. The molecule has 0 aliphatic carbocycles. The molecule has 1 aliphatic heterocycles. The first-order valence-corrected chi connectivity index (χ1v) is 7.54. The highest BCUT2D eigenvalue weighted by atomic mass is 19.1. The van der Waals surface area contributed by atoms with Gasteiger partial charge in [-0.05, 0) is 24.1 Å². The van der Waals surface area contributed by atoms with Crippen molar-refractivity contribution in [2.24, 2.45) is 0 Å². The van der Waals surface area contributed by atoms with E-state index in [2.05, 4.69) is 20.2 Å². The van der Waals surface area contributed by atoms with Gasteiger partial charge in [-0.15, -0.1) is 0 Å². The first-order valence-electron chi connectivity index (χ1n) is 7.54. The minimum atomic E-state index is -0.559. The van der Waals surface area contributed by atoms with E-state index in [0.29, 0.717) is 37.6 Å². The van der Waals surface area contributed by atoms with E-state index in [-0.39, 0.29) is 0 Å². The molecular weight excluding hydrogens is 302 g/mol. The Bertz CT molecular complexity index is 642. The van der Waals surface area contributed by atoms with E-state index in [1.54, 1.807) is 0 Å². The van der Waals surface area contributed by atoms with Gasteiger partial charge in [0.05, 0.1) is 13.2 Å². The fourth-order valence-electron chi connectivity index (χ4n) is 2.50. The van der Waals surface area contributed by atoms with Crippen molar-refractivity contribution in [1.82, 2.24) is 9.97 Å². The van der Waals surface area contributed by atoms with Gasteiger partial charge in [0.1, 0.15) is 29.6 Å². The predicted octanol–water partition coefficient (Wildman–Crippen LogP) is 2.25. The summed E-state index contributed by atoms with van der Waals surface area (Å²) in [6.45, 7) is 3.52. The van der Waals surface area contributed by atoms with Crippen molar-refractivity contribution in [2.45, 2.75) is 6.42 Å². The summed E-state index contributed by atoms with van der Waals surface area (Å²) in [7, 11) is 0. The van der Waals surface area contributed by atoms with E-state index in [1.807, 2.05) is 6.07 Å². The molecule has 23 heavy (non-hydrogen) atoms. The van der Waals surface area contributed by atoms with Crippen molar-refractivity contribution in [3.05, 3.63) is 47.8 Å². The van der Waals surface area contributed by atoms with Crippen LogP contribution in [0.2, 0.25) is 0 Å². The second-order valence-corrected chi connectivity index (χ2v) is 5.32. The van der Waals surface area contributed by atoms with Crippen molar-refractivity contribution in [3.8, 4) is 0 Å². The molecule has 0 bridgehead atoms. The summed E-state index contributed by atoms with van der Waals surface area (Å²) < 4.78 is 31.6. The van der Waals surface area contributed by atoms with Crippen LogP contribution < -0.4 is 10.2 Å². The highest BCUT2D eigenvalue weighted by Gasteiger charge is 2.12. The lowest BCUT2D eigenvalue weighted by Crippen LogP contribution is -2.36. The van der Waals surface area contributed by atoms with Gasteiger partial charge in [-0.3, -0.25) is 0 Å². The number of nitrogens with zero attached hydrogens (tertiary/aromatic N) is 3. The maximum atomic E-state index is 13.1. The maximum absolute atomic E-state index is 13.1. The number of rotatable bonds is 5. The Morgan fingerprint density at radius 1 is 1.04 bits per heavy atom. The van der Waals surface area contributed by atoms with Crippen LogP contribution in [0, 0.1) is 11.6 Å². The molecule has 5 nitrogen and oxygen atoms in total. The quantitative estimate of drug-likeness (QED) is 0.916. The van der Waals surface area contributed by atoms with Gasteiger partial charge in [-0.25, -0.2) is 18.7 Å². The third kappa shape index (κ3) is 4.35. The Balaban J connectivity index is 1.57. The van der Waals surface area contributed by atoms with Gasteiger partial charge in [0.25, 0.3) is 0 Å². The third-order valence-electron chi connectivity index (χ3n) is 3.63. The molecule has 122 valence electrons. The first kappa shape index (κ1) is 15.6. The van der Waals surface area contributed by atoms with Gasteiger partial charge >= 0.3 is 0 Å². The summed E-state index contributed by atoms with van der Waals surface area (Å²) in [4.78, 5) is 10.6. The van der Waals surface area contributed by atoms with Crippen molar-refractivity contribution in [1.29, 1.82) is 0 Å². The number of aromatic nitrogens is 2. The van der Waals surface area contributed by atoms with Crippen molar-refractivity contribution in [2.75, 3.05) is 43.1 Å². The Kier molecular flexibility index (Phi) is 4.97. The monoisotopic (exact) mass is 320 g/mol. The zero-order valence-corrected chi connectivity index (χ0v) is 12.6. The molecule has 1 aromatic carbocycles. The molecule has 0 unspecified atom stereocenters. The number of hydrogen-bond donors (Lipinski definition) is 1. The molecule has 1 saturated heterocycles. The second-order valence-electron chi connectivity index (χ2n) is 5.32. The van der Waals surface area contributed by atoms with Crippen molar-refractivity contribution < 1.29 is 13.5 Å². The predicted molar refractivity (Wildman–Crippen MR) is 83.6 cm³/mol. The Labute approximate surface area is 133 Å². The third-order valence-corrected chi connectivity index (χ3v) is 3.63. The summed E-state index contributed by atoms with van der Waals surface area (Å²) in [5.41, 5.74) is 0.609. The van der Waals surface area contributed by atoms with E-state index < -0.39 is 11.6 Å². The van der Waals surface area contributed by atoms with Crippen LogP contribution in [0.25, 0.3) is 0 Å². The lowest BCUT2D eigenvalue weighted by atomic mass is 10.1. The number of anilines is 2. The minimum absolute atomic E-state index is 0.506. The van der Waals surface area contributed by atoms with Gasteiger partial charge in [0.15, 0.2) is 0 Å². The lowest BCUT2D eigenvalue weighted by Gasteiger charge is -2.27. The largest absolute Gasteiger partial charge is 0.378 e. The van der Waals surface area contributed by atoms with E-state index in [4.69, 9.17) is 4.74 Å². The first-order chi connectivity index (χ1) is 11.2. The molecule has 1 aromatic heterocycles. The highest BCUT2D eigenvalue weighted by molar-refractivity contribution is 5.48. The number of morpholine rings is 1. The molecule has 7 heteroatoms. The molecule has 3 rings (SSSR count). The minimum Gasteiger partial charge on any atom is -0.378 e. The molecule has 2 aromatic rings. The summed E-state index contributed by atoms with van der Waals surface area (Å²) >= 11 is 0. The molecule has 2 heterocycles. The molecule has 0 amide bonds. The Hall–Kier alpha value is -2.28. The van der Waals surface area contributed by atoms with E-state index in [1.165, 1.54) is 18.5 Å². The topological polar surface area (TPSA) is 50.3 Å². The number of nitrogens with one attached hydrogen (secondary N) is 1. The normalized spacial score (nSPS) is 14.8. The fourth-order valence-corrected chi connectivity index (χ4v) is 2.50. The van der Waals surface area contributed by atoms with E-state index >= 15 is 0 Å². The summed E-state index contributed by atoms with van der Waals surface area (Å²) in [5, 5.41) is 3.16. The summed E-state index contributed by atoms with van der Waals surface area (Å²) in [5.74, 6) is 0.425. The molecule has 0 radical (unpaired) electrons. The average Bonchev–Trinajstić information content (AvgIpc) is 2.55. The molecule has 0 spiro atoms. The van der Waals surface area contributed by atoms with Crippen LogP contribution in [-0.4, -0.2) is 42.8 Å². The average molecular weight is 320 g/mol. The van der Waals surface area contributed by atoms with Crippen LogP contribution in [0.5, 0.6) is 0 Å². The van der Waals surface area contributed by atoms with Crippen LogP contribution in [0.3, 0.4) is 0 Å². The van der Waals surface area contributed by atoms with Crippen LogP contribution in [-0.2, 0) is 11.2 Å². The fraction of sp³-hybridized carbons (Fsp3) is 0.375. The number of hydrogen-bond acceptors (Lipinski definition) is 5. The molecule has 0 saturated carbocycles. The van der Waals surface area contributed by atoms with Gasteiger partial charge < -0.3 is 15.0 Å². The van der Waals surface area contributed by atoms with Gasteiger partial charge in [-0.2, -0.15) is 0 Å². The number of benzene rings is 1. The van der Waals surface area contributed by atoms with Crippen LogP contribution >= 0.6 is 0 Å². The van der Waals surface area contributed by atoms with Gasteiger partial charge in [0.2, 0.25) is 0 Å². The van der Waals surface area contributed by atoms with Crippen LogP contribution in [0.4, 0.5) is 20.4 Å². The maximum Gasteiger partial charge on any atom is 0.134 e. The smallest absolute Gasteiger partial charge is 0.134 e. The lowest BCUT2D eigenvalue weighted by molar-refractivity contribution is 0.122. The van der Waals surface area contributed by atoms with Crippen LogP contribution in [0.15, 0.2) is 30.6 Å². The summed E-state index contributed by atoms with van der Waals surface area (Å²) in [6, 6.07) is 5.42. The SMILES string of the molecule is Fc1cc(F)cc(CCNc2cc(N3CCOCC3)ncn2)c1. The van der Waals surface area contributed by atoms with E-state index in [9.17, 15) is 8.78 Å². The molecule has 1 N–H and O–H groups in total. The molecule has 1 aliphatic rings. The standard InChI is InChI=1S/C16H18F2N4O/c17-13-7-12(8-14(18)9-13)1-2-19-15-10-16(21-11-20-15)22-3-5-23-6-4-22/h7-11H,1-6H2,(H,19,20,21). The Morgan fingerprint density at radius 2 is 1.78 bits per heavy atom. The highest BCUT2D eigenvalue weighted by Crippen LogP contribution is 2.15. The molecule has 0 atom stereocenters. The van der Waals surface area contributed by atoms with Crippen LogP contribution in [0.1, 0.15) is 5.56 Å². The number of halogens is 2. The zero-order valence-electron chi connectivity index (χ0n) is 12.6. The number of ether oxygens (including phenoxy) is 1. The van der Waals surface area contributed by atoms with Gasteiger partial charge in [0, 0.05) is 31.8 Å².